The molecule has 1 aromatic rings. The smallest absolute Gasteiger partial charge is 0.253 e. The highest BCUT2D eigenvalue weighted by Crippen LogP contribution is 2.23. The first-order valence-electron chi connectivity index (χ1n) is 8.10. The molecule has 0 fully saturated rings. The van der Waals surface area contributed by atoms with E-state index in [1.54, 1.807) is 0 Å². The molecule has 0 saturated heterocycles. The molecule has 3 heterocycles. The normalized spacial score (nSPS) is 25.6. The van der Waals surface area contributed by atoms with E-state index in [9.17, 15) is 4.79 Å². The molecule has 3 rings (SSSR count). The van der Waals surface area contributed by atoms with E-state index in [2.05, 4.69) is 37.5 Å². The van der Waals surface area contributed by atoms with Gasteiger partial charge in [0.2, 0.25) is 0 Å². The van der Waals surface area contributed by atoms with Crippen LogP contribution >= 0.6 is 0 Å². The van der Waals surface area contributed by atoms with Gasteiger partial charge < -0.3 is 10.6 Å². The van der Waals surface area contributed by atoms with Crippen molar-refractivity contribution in [2.24, 2.45) is 5.92 Å². The van der Waals surface area contributed by atoms with Crippen LogP contribution in [-0.2, 0) is 19.4 Å². The number of hydrogen-bond donors (Lipinski definition) is 2. The van der Waals surface area contributed by atoms with E-state index >= 15 is 0 Å². The molecule has 0 aliphatic carbocycles. The van der Waals surface area contributed by atoms with Crippen molar-refractivity contribution in [2.75, 3.05) is 0 Å². The Hall–Kier alpha value is -1.42. The van der Waals surface area contributed by atoms with Crippen molar-refractivity contribution in [1.29, 1.82) is 0 Å². The molecule has 0 aromatic carbocycles. The van der Waals surface area contributed by atoms with Gasteiger partial charge in [0.15, 0.2) is 0 Å². The lowest BCUT2D eigenvalue weighted by atomic mass is 9.97. The average molecular weight is 287 g/mol. The Labute approximate surface area is 126 Å². The van der Waals surface area contributed by atoms with Crippen LogP contribution in [0.2, 0.25) is 0 Å². The molecule has 1 amide bonds. The van der Waals surface area contributed by atoms with Crippen LogP contribution < -0.4 is 10.6 Å². The number of hydrogen-bond acceptors (Lipinski definition) is 3. The van der Waals surface area contributed by atoms with Gasteiger partial charge in [-0.25, -0.2) is 0 Å². The first-order valence-corrected chi connectivity index (χ1v) is 8.10. The van der Waals surface area contributed by atoms with E-state index in [0.717, 1.165) is 49.2 Å². The molecule has 2 atom stereocenters. The maximum atomic E-state index is 12.3. The number of carbonyl (C=O) groups is 1. The second-order valence-corrected chi connectivity index (χ2v) is 6.77. The van der Waals surface area contributed by atoms with E-state index in [-0.39, 0.29) is 11.9 Å². The molecule has 2 N–H and O–H groups in total. The highest BCUT2D eigenvalue weighted by Gasteiger charge is 2.25. The summed E-state index contributed by atoms with van der Waals surface area (Å²) < 4.78 is 0. The van der Waals surface area contributed by atoms with Crippen molar-refractivity contribution >= 4 is 5.91 Å². The molecule has 114 valence electrons. The van der Waals surface area contributed by atoms with Crippen LogP contribution in [0.5, 0.6) is 0 Å². The first-order chi connectivity index (χ1) is 10.0. The van der Waals surface area contributed by atoms with Crippen LogP contribution in [0.3, 0.4) is 0 Å². The molecule has 2 aliphatic rings. The van der Waals surface area contributed by atoms with Gasteiger partial charge in [-0.05, 0) is 50.2 Å². The van der Waals surface area contributed by atoms with Crippen molar-refractivity contribution < 1.29 is 4.79 Å². The van der Waals surface area contributed by atoms with Gasteiger partial charge in [-0.15, -0.1) is 0 Å². The third-order valence-electron chi connectivity index (χ3n) is 4.77. The monoisotopic (exact) mass is 287 g/mol. The molecule has 0 saturated carbocycles. The van der Waals surface area contributed by atoms with E-state index in [1.807, 2.05) is 0 Å². The quantitative estimate of drug-likeness (QED) is 0.832. The number of rotatable bonds is 1. The molecule has 4 nitrogen and oxygen atoms in total. The minimum absolute atomic E-state index is 0.0444. The van der Waals surface area contributed by atoms with Crippen LogP contribution in [0.15, 0.2) is 6.07 Å². The lowest BCUT2D eigenvalue weighted by molar-refractivity contribution is 0.0942. The van der Waals surface area contributed by atoms with Gasteiger partial charge in [0.1, 0.15) is 0 Å². The van der Waals surface area contributed by atoms with Gasteiger partial charge in [0.05, 0.1) is 17.0 Å². The molecule has 2 aliphatic heterocycles. The predicted molar refractivity (Wildman–Crippen MR) is 83.3 cm³/mol. The number of nitrogens with one attached hydrogen (secondary N) is 2. The van der Waals surface area contributed by atoms with Crippen molar-refractivity contribution in [3.8, 4) is 0 Å². The summed E-state index contributed by atoms with van der Waals surface area (Å²) in [6.07, 6.45) is 3.97. The summed E-state index contributed by atoms with van der Waals surface area (Å²) in [6.45, 7) is 7.39. The molecule has 4 heteroatoms. The molecule has 2 unspecified atom stereocenters. The second-order valence-electron chi connectivity index (χ2n) is 6.77. The van der Waals surface area contributed by atoms with Gasteiger partial charge in [0, 0.05) is 18.6 Å². The third-order valence-corrected chi connectivity index (χ3v) is 4.77. The minimum Gasteiger partial charge on any atom is -0.350 e. The zero-order valence-corrected chi connectivity index (χ0v) is 13.2. The SMILES string of the molecule is CC1CCc2nc3c(cc2C(=O)N1)CCC(C(C)C)NC3. The lowest BCUT2D eigenvalue weighted by Crippen LogP contribution is -2.32. The minimum atomic E-state index is 0.0444. The summed E-state index contributed by atoms with van der Waals surface area (Å²) >= 11 is 0. The van der Waals surface area contributed by atoms with E-state index in [4.69, 9.17) is 4.98 Å². The summed E-state index contributed by atoms with van der Waals surface area (Å²) in [5.41, 5.74) is 4.15. The number of nitrogens with zero attached hydrogens (tertiary/aromatic N) is 1. The number of amides is 1. The summed E-state index contributed by atoms with van der Waals surface area (Å²) in [7, 11) is 0. The maximum Gasteiger partial charge on any atom is 0.253 e. The molecular formula is C17H25N3O. The fraction of sp³-hybridized carbons (Fsp3) is 0.647. The molecule has 0 bridgehead atoms. The number of aryl methyl sites for hydroxylation is 2. The number of fused-ring (bicyclic) bond motifs is 2. The van der Waals surface area contributed by atoms with E-state index in [1.165, 1.54) is 5.56 Å². The van der Waals surface area contributed by atoms with Crippen molar-refractivity contribution in [3.05, 3.63) is 28.6 Å². The van der Waals surface area contributed by atoms with Crippen LogP contribution in [-0.4, -0.2) is 23.0 Å². The Kier molecular flexibility index (Phi) is 3.98. The Morgan fingerprint density at radius 3 is 2.81 bits per heavy atom. The van der Waals surface area contributed by atoms with E-state index in [0.29, 0.717) is 12.0 Å². The molecule has 0 radical (unpaired) electrons. The molecule has 0 spiro atoms. The van der Waals surface area contributed by atoms with Crippen LogP contribution in [0.4, 0.5) is 0 Å². The van der Waals surface area contributed by atoms with Gasteiger partial charge in [0.25, 0.3) is 5.91 Å². The molecular weight excluding hydrogens is 262 g/mol. The Bertz CT molecular complexity index is 553. The lowest BCUT2D eigenvalue weighted by Gasteiger charge is -2.19. The Morgan fingerprint density at radius 2 is 2.05 bits per heavy atom. The molecule has 1 aromatic heterocycles. The van der Waals surface area contributed by atoms with E-state index < -0.39 is 0 Å². The van der Waals surface area contributed by atoms with Gasteiger partial charge in [-0.2, -0.15) is 0 Å². The van der Waals surface area contributed by atoms with Gasteiger partial charge in [-0.3, -0.25) is 9.78 Å². The summed E-state index contributed by atoms with van der Waals surface area (Å²) in [5.74, 6) is 0.671. The highest BCUT2D eigenvalue weighted by molar-refractivity contribution is 5.96. The zero-order chi connectivity index (χ0) is 15.0. The van der Waals surface area contributed by atoms with Crippen LogP contribution in [0.1, 0.15) is 60.9 Å². The fourth-order valence-electron chi connectivity index (χ4n) is 3.33. The van der Waals surface area contributed by atoms with Crippen molar-refractivity contribution in [2.45, 2.75) is 65.1 Å². The third kappa shape index (κ3) is 2.95. The van der Waals surface area contributed by atoms with Gasteiger partial charge in [-0.1, -0.05) is 13.8 Å². The fourth-order valence-corrected chi connectivity index (χ4v) is 3.33. The highest BCUT2D eigenvalue weighted by atomic mass is 16.1. The summed E-state index contributed by atoms with van der Waals surface area (Å²) in [6, 6.07) is 2.86. The average Bonchev–Trinajstić information content (AvgIpc) is 2.72. The zero-order valence-electron chi connectivity index (χ0n) is 13.2. The summed E-state index contributed by atoms with van der Waals surface area (Å²) in [4.78, 5) is 17.1. The maximum absolute atomic E-state index is 12.3. The van der Waals surface area contributed by atoms with Crippen molar-refractivity contribution in [3.63, 3.8) is 0 Å². The second kappa shape index (κ2) is 5.76. The van der Waals surface area contributed by atoms with Gasteiger partial charge >= 0.3 is 0 Å². The number of aromatic nitrogens is 1. The number of carbonyl (C=O) groups excluding carboxylic acids is 1. The van der Waals surface area contributed by atoms with Crippen LogP contribution in [0, 0.1) is 5.92 Å². The Balaban J connectivity index is 1.92. The largest absolute Gasteiger partial charge is 0.350 e. The summed E-state index contributed by atoms with van der Waals surface area (Å²) in [5, 5.41) is 6.67. The van der Waals surface area contributed by atoms with Crippen molar-refractivity contribution in [1.82, 2.24) is 15.6 Å². The topological polar surface area (TPSA) is 54.0 Å². The number of pyridine rings is 1. The Morgan fingerprint density at radius 1 is 1.24 bits per heavy atom. The van der Waals surface area contributed by atoms with Crippen LogP contribution in [0.25, 0.3) is 0 Å². The predicted octanol–water partition coefficient (Wildman–Crippen LogP) is 2.21. The molecule has 21 heavy (non-hydrogen) atoms. The first kappa shape index (κ1) is 14.5. The standard InChI is InChI=1S/C17H25N3O/c1-10(2)14-7-5-12-8-13-15(20-16(12)9-18-14)6-4-11(3)19-17(13)21/h8,10-11,14,18H,4-7,9H2,1-3H3,(H,19,21).